The van der Waals surface area contributed by atoms with Gasteiger partial charge < -0.3 is 29.5 Å². The van der Waals surface area contributed by atoms with Gasteiger partial charge in [0.2, 0.25) is 5.91 Å². The number of nitrogens with zero attached hydrogens (tertiary/aromatic N) is 1. The van der Waals surface area contributed by atoms with Gasteiger partial charge in [0.05, 0.1) is 12.4 Å². The highest BCUT2D eigenvalue weighted by Gasteiger charge is 2.25. The third-order valence-corrected chi connectivity index (χ3v) is 5.77. The number of hydrogen-bond donors (Lipinski definition) is 3. The second-order valence-electron chi connectivity index (χ2n) is 7.99. The molecule has 1 aliphatic heterocycles. The minimum atomic E-state index is -3.57. The Kier molecular flexibility index (Phi) is 9.04. The summed E-state index contributed by atoms with van der Waals surface area (Å²) in [5.41, 5.74) is 0.122. The van der Waals surface area contributed by atoms with Gasteiger partial charge in [-0.2, -0.15) is 8.42 Å². The average Bonchev–Trinajstić information content (AvgIpc) is 2.71. The van der Waals surface area contributed by atoms with Crippen molar-refractivity contribution in [2.75, 3.05) is 32.1 Å². The Morgan fingerprint density at radius 3 is 2.88 bits per heavy atom. The van der Waals surface area contributed by atoms with Crippen molar-refractivity contribution in [3.63, 3.8) is 0 Å². The van der Waals surface area contributed by atoms with Crippen molar-refractivity contribution in [3.05, 3.63) is 33.9 Å². The molecule has 1 aliphatic rings. The number of ether oxygens (including phenoxy) is 1. The number of carbonyl (C=O) groups is 1. The van der Waals surface area contributed by atoms with E-state index in [0.717, 1.165) is 0 Å². The molecule has 1 unspecified atom stereocenters. The first-order chi connectivity index (χ1) is 15.0. The molecule has 0 saturated carbocycles. The highest BCUT2D eigenvalue weighted by Crippen LogP contribution is 2.33. The predicted molar refractivity (Wildman–Crippen MR) is 113 cm³/mol. The van der Waals surface area contributed by atoms with Gasteiger partial charge in [-0.3, -0.25) is 4.79 Å². The fourth-order valence-corrected chi connectivity index (χ4v) is 3.86. The summed E-state index contributed by atoms with van der Waals surface area (Å²) >= 11 is 0. The van der Waals surface area contributed by atoms with Gasteiger partial charge in [0, 0.05) is 30.6 Å². The number of aliphatic hydroxyl groups excluding tert-OH is 1. The van der Waals surface area contributed by atoms with Crippen molar-refractivity contribution in [2.45, 2.75) is 44.8 Å². The van der Waals surface area contributed by atoms with Crippen LogP contribution in [0.4, 0.5) is 0 Å². The van der Waals surface area contributed by atoms with E-state index in [1.54, 1.807) is 18.2 Å². The third-order valence-electron chi connectivity index (χ3n) is 4.63. The summed E-state index contributed by atoms with van der Waals surface area (Å²) in [6.45, 7) is 4.02. The largest absolute Gasteiger partial charge is 0.490 e. The van der Waals surface area contributed by atoms with E-state index in [1.165, 1.54) is 0 Å². The van der Waals surface area contributed by atoms with Gasteiger partial charge >= 0.3 is 10.1 Å². The molecule has 0 radical (unpaired) electrons. The fourth-order valence-electron chi connectivity index (χ4n) is 2.89. The smallest absolute Gasteiger partial charge is 0.309 e. The lowest BCUT2D eigenvalue weighted by Crippen LogP contribution is -2.51. The monoisotopic (exact) mass is 475 g/mol. The van der Waals surface area contributed by atoms with Gasteiger partial charge in [-0.1, -0.05) is 6.07 Å². The van der Waals surface area contributed by atoms with E-state index in [-0.39, 0.29) is 63.0 Å². The van der Waals surface area contributed by atoms with E-state index in [4.69, 9.17) is 8.92 Å². The van der Waals surface area contributed by atoms with Crippen LogP contribution in [0.15, 0.2) is 18.2 Å². The van der Waals surface area contributed by atoms with Crippen LogP contribution in [-0.2, 0) is 26.2 Å². The summed E-state index contributed by atoms with van der Waals surface area (Å²) < 4.78 is 33.8. The molecule has 0 aliphatic carbocycles. The number of aliphatic hydroxyl groups is 1. The van der Waals surface area contributed by atoms with Gasteiger partial charge in [0.1, 0.15) is 24.2 Å². The van der Waals surface area contributed by atoms with Crippen molar-refractivity contribution in [2.24, 2.45) is 0 Å². The number of rotatable bonds is 13. The lowest BCUT2D eigenvalue weighted by Gasteiger charge is -2.28. The van der Waals surface area contributed by atoms with Crippen LogP contribution in [0, 0.1) is 10.1 Å². The van der Waals surface area contributed by atoms with Crippen LogP contribution in [0.25, 0.3) is 0 Å². The Labute approximate surface area is 186 Å². The van der Waals surface area contributed by atoms with Crippen molar-refractivity contribution in [1.29, 1.82) is 0 Å². The highest BCUT2D eigenvalue weighted by molar-refractivity contribution is 7.87. The standard InChI is InChI=1S/C19H29N3O9S/c1-19(2,13-20-18(24)7-4-9-30-22(25)26)21-11-14(23)12-29-16-5-3-6-17-15(16)8-10-32(27,28)31-17/h3,5-6,14,21,23H,4,7-13H2,1-2H3,(H,20,24). The first kappa shape index (κ1) is 25.6. The molecule has 12 nitrogen and oxygen atoms in total. The maximum Gasteiger partial charge on any atom is 0.309 e. The highest BCUT2D eigenvalue weighted by atomic mass is 32.2. The summed E-state index contributed by atoms with van der Waals surface area (Å²) in [4.78, 5) is 26.0. The molecule has 0 saturated heterocycles. The molecule has 0 fully saturated rings. The Balaban J connectivity index is 1.72. The molecule has 1 aromatic carbocycles. The average molecular weight is 476 g/mol. The number of carbonyl (C=O) groups excluding carboxylic acids is 1. The molecular weight excluding hydrogens is 446 g/mol. The number of nitrogens with one attached hydrogen (secondary N) is 2. The molecule has 32 heavy (non-hydrogen) atoms. The van der Waals surface area contributed by atoms with Crippen LogP contribution < -0.4 is 19.6 Å². The lowest BCUT2D eigenvalue weighted by molar-refractivity contribution is -0.757. The zero-order valence-electron chi connectivity index (χ0n) is 18.0. The van der Waals surface area contributed by atoms with Crippen LogP contribution in [-0.4, -0.2) is 68.2 Å². The minimum Gasteiger partial charge on any atom is -0.490 e. The Hall–Kier alpha value is -2.64. The molecule has 1 atom stereocenters. The lowest BCUT2D eigenvalue weighted by atomic mass is 10.1. The molecular formula is C19H29N3O9S. The molecule has 180 valence electrons. The van der Waals surface area contributed by atoms with E-state index < -0.39 is 26.8 Å². The van der Waals surface area contributed by atoms with E-state index in [2.05, 4.69) is 15.5 Å². The molecule has 13 heteroatoms. The minimum absolute atomic E-state index is 0.0188. The van der Waals surface area contributed by atoms with Crippen LogP contribution in [0.1, 0.15) is 32.3 Å². The van der Waals surface area contributed by atoms with Crippen LogP contribution in [0.5, 0.6) is 11.5 Å². The Bertz CT molecular complexity index is 905. The predicted octanol–water partition coefficient (Wildman–Crippen LogP) is 0.164. The Morgan fingerprint density at radius 2 is 2.16 bits per heavy atom. The topological polar surface area (TPSA) is 166 Å². The maximum absolute atomic E-state index is 11.8. The van der Waals surface area contributed by atoms with Gasteiger partial charge in [0.15, 0.2) is 0 Å². The zero-order chi connectivity index (χ0) is 23.8. The van der Waals surface area contributed by atoms with Crippen LogP contribution in [0.3, 0.4) is 0 Å². The molecule has 2 rings (SSSR count). The van der Waals surface area contributed by atoms with E-state index >= 15 is 0 Å². The fraction of sp³-hybridized carbons (Fsp3) is 0.632. The van der Waals surface area contributed by atoms with Gasteiger partial charge in [-0.25, -0.2) is 0 Å². The molecule has 0 bridgehead atoms. The summed E-state index contributed by atoms with van der Waals surface area (Å²) in [6.07, 6.45) is -0.245. The van der Waals surface area contributed by atoms with Gasteiger partial charge in [-0.15, -0.1) is 10.1 Å². The van der Waals surface area contributed by atoms with Crippen LogP contribution >= 0.6 is 0 Å². The maximum atomic E-state index is 11.8. The summed E-state index contributed by atoms with van der Waals surface area (Å²) in [7, 11) is -3.57. The second kappa shape index (κ2) is 11.3. The van der Waals surface area contributed by atoms with E-state index in [9.17, 15) is 28.4 Å². The van der Waals surface area contributed by atoms with Crippen molar-refractivity contribution in [1.82, 2.24) is 10.6 Å². The quantitative estimate of drug-likeness (QED) is 0.155. The number of amides is 1. The molecule has 1 aromatic rings. The number of hydrogen-bond acceptors (Lipinski definition) is 10. The van der Waals surface area contributed by atoms with Crippen molar-refractivity contribution >= 4 is 16.0 Å². The summed E-state index contributed by atoms with van der Waals surface area (Å²) in [6, 6.07) is 4.87. The molecule has 1 amide bonds. The summed E-state index contributed by atoms with van der Waals surface area (Å²) in [5.74, 6) is 0.314. The number of fused-ring (bicyclic) bond motifs is 1. The third kappa shape index (κ3) is 8.85. The Morgan fingerprint density at radius 1 is 1.41 bits per heavy atom. The first-order valence-corrected chi connectivity index (χ1v) is 11.7. The zero-order valence-corrected chi connectivity index (χ0v) is 18.9. The summed E-state index contributed by atoms with van der Waals surface area (Å²) in [5, 5.41) is 25.3. The van der Waals surface area contributed by atoms with Crippen LogP contribution in [0.2, 0.25) is 0 Å². The second-order valence-corrected chi connectivity index (χ2v) is 9.68. The molecule has 0 aromatic heterocycles. The van der Waals surface area contributed by atoms with E-state index in [0.29, 0.717) is 11.3 Å². The molecule has 0 spiro atoms. The molecule has 3 N–H and O–H groups in total. The SMILES string of the molecule is CC(C)(CNC(=O)CCCO[N+](=O)[O-])NCC(O)COc1cccc2c1CCS(=O)(=O)O2. The molecule has 1 heterocycles. The van der Waals surface area contributed by atoms with Crippen molar-refractivity contribution in [3.8, 4) is 11.5 Å². The van der Waals surface area contributed by atoms with Gasteiger partial charge in [0.25, 0.3) is 5.09 Å². The first-order valence-electron chi connectivity index (χ1n) is 10.1. The van der Waals surface area contributed by atoms with E-state index in [1.807, 2.05) is 13.8 Å². The number of benzene rings is 1. The van der Waals surface area contributed by atoms with Crippen molar-refractivity contribution < 1.29 is 37.2 Å². The normalized spacial score (nSPS) is 15.7. The number of β-amino-alcohol motifs (C(OH)–C–C–N with tert-alkyl or cyclic N) is 1. The van der Waals surface area contributed by atoms with Gasteiger partial charge in [-0.05, 0) is 38.8 Å².